The molecule has 1 aromatic carbocycles. The van der Waals surface area contributed by atoms with E-state index >= 15 is 0 Å². The van der Waals surface area contributed by atoms with Crippen LogP contribution in [0.3, 0.4) is 0 Å². The molecule has 7 heteroatoms. The number of nitrogens with zero attached hydrogens (tertiary/aromatic N) is 1. The van der Waals surface area contributed by atoms with Gasteiger partial charge in [-0.25, -0.2) is 5.06 Å². The van der Waals surface area contributed by atoms with Gasteiger partial charge in [-0.1, -0.05) is 41.5 Å². The summed E-state index contributed by atoms with van der Waals surface area (Å²) >= 11 is 0. The molecule has 34 heavy (non-hydrogen) atoms. The van der Waals surface area contributed by atoms with Crippen LogP contribution in [0, 0.1) is 5.92 Å². The first-order chi connectivity index (χ1) is 15.9. The van der Waals surface area contributed by atoms with Crippen LogP contribution in [0.15, 0.2) is 60.2 Å². The highest BCUT2D eigenvalue weighted by Crippen LogP contribution is 2.29. The van der Waals surface area contributed by atoms with Gasteiger partial charge in [0.05, 0.1) is 32.8 Å². The number of rotatable bonds is 14. The largest absolute Gasteiger partial charge is 0.497 e. The lowest BCUT2D eigenvalue weighted by molar-refractivity contribution is -0.177. The Morgan fingerprint density at radius 2 is 1.71 bits per heavy atom. The Kier molecular flexibility index (Phi) is 12.5. The number of methoxy groups -OCH3 is 1. The van der Waals surface area contributed by atoms with Crippen molar-refractivity contribution in [3.63, 3.8) is 0 Å². The molecule has 0 aliphatic carbocycles. The second-order valence-electron chi connectivity index (χ2n) is 9.52. The van der Waals surface area contributed by atoms with Crippen LogP contribution < -0.4 is 4.74 Å². The number of benzene rings is 1. The molecule has 0 N–H and O–H groups in total. The third kappa shape index (κ3) is 9.97. The fourth-order valence-electron chi connectivity index (χ4n) is 3.43. The first kappa shape index (κ1) is 29.8. The van der Waals surface area contributed by atoms with E-state index in [1.165, 1.54) is 17.7 Å². The molecule has 6 nitrogen and oxygen atoms in total. The lowest BCUT2D eigenvalue weighted by Gasteiger charge is -2.37. The minimum absolute atomic E-state index is 0.184. The molecule has 0 aromatic heterocycles. The van der Waals surface area contributed by atoms with Crippen LogP contribution in [0.2, 0.25) is 19.6 Å². The molecule has 0 aliphatic heterocycles. The van der Waals surface area contributed by atoms with Gasteiger partial charge in [0, 0.05) is 7.05 Å². The van der Waals surface area contributed by atoms with Gasteiger partial charge in [0.1, 0.15) is 11.9 Å². The predicted octanol–water partition coefficient (Wildman–Crippen LogP) is 5.93. The van der Waals surface area contributed by atoms with Gasteiger partial charge < -0.3 is 13.9 Å². The molecule has 0 bridgehead atoms. The van der Waals surface area contributed by atoms with Crippen LogP contribution in [0.1, 0.15) is 32.8 Å². The molecule has 0 saturated heterocycles. The summed E-state index contributed by atoms with van der Waals surface area (Å²) in [4.78, 5) is 18.7. The van der Waals surface area contributed by atoms with E-state index in [1.54, 1.807) is 20.2 Å². The van der Waals surface area contributed by atoms with Crippen molar-refractivity contribution in [2.45, 2.75) is 65.6 Å². The van der Waals surface area contributed by atoms with E-state index in [9.17, 15) is 4.79 Å². The van der Waals surface area contributed by atoms with Crippen LogP contribution in [-0.4, -0.2) is 52.8 Å². The van der Waals surface area contributed by atoms with Gasteiger partial charge in [0.25, 0.3) is 5.91 Å². The molecule has 3 atom stereocenters. The summed E-state index contributed by atoms with van der Waals surface area (Å²) in [5, 5.41) is 1.26. The van der Waals surface area contributed by atoms with Gasteiger partial charge >= 0.3 is 0 Å². The summed E-state index contributed by atoms with van der Waals surface area (Å²) in [6, 6.07) is 7.71. The molecule has 0 radical (unpaired) electrons. The highest BCUT2D eigenvalue weighted by Gasteiger charge is 2.40. The monoisotopic (exact) mass is 489 g/mol. The second kappa shape index (κ2) is 14.3. The van der Waals surface area contributed by atoms with E-state index in [0.717, 1.165) is 23.3 Å². The zero-order valence-corrected chi connectivity index (χ0v) is 23.4. The first-order valence-electron chi connectivity index (χ1n) is 11.6. The summed E-state index contributed by atoms with van der Waals surface area (Å²) in [5.74, 6) is 0.0204. The van der Waals surface area contributed by atoms with E-state index in [2.05, 4.69) is 52.2 Å². The van der Waals surface area contributed by atoms with Gasteiger partial charge in [-0.15, -0.1) is 6.58 Å². The minimum atomic E-state index is -2.06. The number of hydrogen-bond donors (Lipinski definition) is 0. The van der Waals surface area contributed by atoms with Gasteiger partial charge in [0.2, 0.25) is 0 Å². The Bertz CT molecular complexity index is 838. The number of hydrogen-bond acceptors (Lipinski definition) is 5. The number of ether oxygens (including phenoxy) is 2. The summed E-state index contributed by atoms with van der Waals surface area (Å²) in [6.45, 7) is 16.8. The van der Waals surface area contributed by atoms with E-state index in [1.807, 2.05) is 31.2 Å². The zero-order valence-electron chi connectivity index (χ0n) is 22.4. The Morgan fingerprint density at radius 3 is 2.18 bits per heavy atom. The minimum Gasteiger partial charge on any atom is -0.497 e. The molecule has 0 spiro atoms. The van der Waals surface area contributed by atoms with E-state index in [0.29, 0.717) is 6.61 Å². The van der Waals surface area contributed by atoms with Crippen LogP contribution >= 0.6 is 0 Å². The Labute approximate surface area is 207 Å². The van der Waals surface area contributed by atoms with E-state index in [4.69, 9.17) is 18.7 Å². The Hall–Kier alpha value is -2.19. The predicted molar refractivity (Wildman–Crippen MR) is 141 cm³/mol. The van der Waals surface area contributed by atoms with Crippen LogP contribution in [-0.2, 0) is 25.4 Å². The number of carbonyl (C=O) groups excluding carboxylic acids is 1. The summed E-state index contributed by atoms with van der Waals surface area (Å²) < 4.78 is 18.1. The number of amides is 1. The second-order valence-corrected chi connectivity index (χ2v) is 14.0. The summed E-state index contributed by atoms with van der Waals surface area (Å²) in [5.41, 5.74) is 3.13. The van der Waals surface area contributed by atoms with E-state index in [-0.39, 0.29) is 5.91 Å². The third-order valence-electron chi connectivity index (χ3n) is 5.28. The van der Waals surface area contributed by atoms with Crippen molar-refractivity contribution in [2.75, 3.05) is 21.3 Å². The average Bonchev–Trinajstić information content (AvgIpc) is 2.77. The van der Waals surface area contributed by atoms with Crippen molar-refractivity contribution in [1.82, 2.24) is 5.06 Å². The molecule has 0 aliphatic rings. The fraction of sp³-hybridized carbons (Fsp3) is 0.519. The standard InChI is InChI=1S/C27H43NO5Si/c1-11-24(32-19-22-15-17-23(30-6)18-16-22)26(33-34(8,9)10)25(27(29)28(5)31-7)21(4)14-12-13-20(2)3/h11,13-18,24-26H,1,12,19H2,2-10H3/b21-14+/t24-,25+,26-/m1/s1. The Balaban J connectivity index is 3.35. The number of carbonyl (C=O) groups is 1. The molecule has 0 heterocycles. The summed E-state index contributed by atoms with van der Waals surface area (Å²) in [6.07, 6.45) is 5.62. The van der Waals surface area contributed by atoms with Crippen molar-refractivity contribution < 1.29 is 23.5 Å². The fourth-order valence-corrected chi connectivity index (χ4v) is 4.52. The van der Waals surface area contributed by atoms with Crippen molar-refractivity contribution in [1.29, 1.82) is 0 Å². The number of hydroxylamine groups is 2. The van der Waals surface area contributed by atoms with Crippen LogP contribution in [0.4, 0.5) is 0 Å². The molecule has 1 aromatic rings. The molecule has 190 valence electrons. The quantitative estimate of drug-likeness (QED) is 0.184. The SMILES string of the molecule is C=C[C@@H](OCc1ccc(OC)cc1)[C@@H](O[Si](C)(C)C)[C@@H](C(=O)N(C)OC)/C(C)=C/CC=C(C)C. The van der Waals surface area contributed by atoms with Crippen molar-refractivity contribution in [3.05, 3.63) is 65.8 Å². The summed E-state index contributed by atoms with van der Waals surface area (Å²) in [7, 11) is 2.67. The van der Waals surface area contributed by atoms with Crippen LogP contribution in [0.25, 0.3) is 0 Å². The smallest absolute Gasteiger partial charge is 0.255 e. The highest BCUT2D eigenvalue weighted by atomic mass is 28.4. The lowest BCUT2D eigenvalue weighted by atomic mass is 9.89. The molecule has 0 saturated carbocycles. The van der Waals surface area contributed by atoms with Gasteiger partial charge in [-0.2, -0.15) is 0 Å². The first-order valence-corrected chi connectivity index (χ1v) is 15.0. The van der Waals surface area contributed by atoms with Gasteiger partial charge in [-0.3, -0.25) is 9.63 Å². The maximum absolute atomic E-state index is 13.5. The number of allylic oxidation sites excluding steroid dienone is 3. The van der Waals surface area contributed by atoms with Crippen molar-refractivity contribution in [3.8, 4) is 5.75 Å². The van der Waals surface area contributed by atoms with Gasteiger partial charge in [0.15, 0.2) is 8.32 Å². The molecular weight excluding hydrogens is 446 g/mol. The maximum Gasteiger partial charge on any atom is 0.255 e. The lowest BCUT2D eigenvalue weighted by Crippen LogP contribution is -2.49. The normalized spacial score (nSPS) is 14.7. The molecule has 0 fully saturated rings. The highest BCUT2D eigenvalue weighted by molar-refractivity contribution is 6.69. The van der Waals surface area contributed by atoms with Crippen molar-refractivity contribution >= 4 is 14.2 Å². The zero-order chi connectivity index (χ0) is 25.9. The molecule has 1 rings (SSSR count). The van der Waals surface area contributed by atoms with E-state index < -0.39 is 26.4 Å². The Morgan fingerprint density at radius 1 is 1.09 bits per heavy atom. The third-order valence-corrected chi connectivity index (χ3v) is 6.26. The van der Waals surface area contributed by atoms with Crippen LogP contribution in [0.5, 0.6) is 5.75 Å². The molecule has 0 unspecified atom stereocenters. The van der Waals surface area contributed by atoms with Gasteiger partial charge in [-0.05, 0) is 64.5 Å². The molecular formula is C27H43NO5Si. The average molecular weight is 490 g/mol. The molecule has 1 amide bonds. The topological polar surface area (TPSA) is 57.2 Å². The van der Waals surface area contributed by atoms with Crippen molar-refractivity contribution in [2.24, 2.45) is 5.92 Å². The maximum atomic E-state index is 13.5.